The Hall–Kier alpha value is -4.14. The number of aromatic nitrogens is 3. The summed E-state index contributed by atoms with van der Waals surface area (Å²) in [7, 11) is 0. The van der Waals surface area contributed by atoms with Crippen molar-refractivity contribution in [3.8, 4) is 5.69 Å². The summed E-state index contributed by atoms with van der Waals surface area (Å²) in [5.74, 6) is -0.0550. The van der Waals surface area contributed by atoms with Gasteiger partial charge in [0, 0.05) is 12.1 Å². The lowest BCUT2D eigenvalue weighted by Crippen LogP contribution is -2.17. The summed E-state index contributed by atoms with van der Waals surface area (Å²) in [6, 6.07) is 21.4. The fourth-order valence-electron chi connectivity index (χ4n) is 3.40. The fourth-order valence-corrected chi connectivity index (χ4v) is 3.40. The average molecular weight is 465 g/mol. The van der Waals surface area contributed by atoms with Crippen molar-refractivity contribution in [2.45, 2.75) is 19.5 Å². The molecule has 2 N–H and O–H groups in total. The second kappa shape index (κ2) is 9.78. The number of carbonyl (C=O) groups excluding carboxylic acids is 1. The van der Waals surface area contributed by atoms with Crippen LogP contribution in [0, 0.1) is 6.92 Å². The number of hydrogen-bond acceptors (Lipinski definition) is 4. The fraction of sp³-hybridized carbons (Fsp3) is 0.160. The van der Waals surface area contributed by atoms with E-state index in [1.165, 1.54) is 16.8 Å². The molecule has 9 heteroatoms. The number of alkyl halides is 3. The number of carbonyl (C=O) groups is 1. The van der Waals surface area contributed by atoms with E-state index in [-0.39, 0.29) is 11.9 Å². The van der Waals surface area contributed by atoms with Crippen molar-refractivity contribution in [1.29, 1.82) is 0 Å². The Bertz CT molecular complexity index is 1270. The van der Waals surface area contributed by atoms with Crippen molar-refractivity contribution < 1.29 is 18.0 Å². The van der Waals surface area contributed by atoms with E-state index < -0.39 is 17.6 Å². The molecule has 0 aliphatic heterocycles. The number of aryl methyl sites for hydroxylation is 1. The van der Waals surface area contributed by atoms with Crippen LogP contribution in [-0.4, -0.2) is 27.2 Å². The van der Waals surface area contributed by atoms with Crippen LogP contribution in [0.4, 0.5) is 25.1 Å². The molecule has 1 heterocycles. The molecule has 0 bridgehead atoms. The molecule has 34 heavy (non-hydrogen) atoms. The molecule has 1 aromatic heterocycles. The first kappa shape index (κ1) is 23.0. The second-order valence-corrected chi connectivity index (χ2v) is 7.65. The average Bonchev–Trinajstić information content (AvgIpc) is 3.22. The van der Waals surface area contributed by atoms with E-state index in [0.717, 1.165) is 29.7 Å². The van der Waals surface area contributed by atoms with Gasteiger partial charge in [-0.15, -0.1) is 5.10 Å². The van der Waals surface area contributed by atoms with E-state index >= 15 is 0 Å². The molecule has 0 fully saturated rings. The number of hydrogen-bond donors (Lipinski definition) is 2. The number of rotatable bonds is 7. The molecule has 6 nitrogen and oxygen atoms in total. The number of amides is 1. The summed E-state index contributed by atoms with van der Waals surface area (Å²) >= 11 is 0. The standard InChI is InChI=1S/C25H22F3N5O/c1-17-7-5-6-10-21(17)22(34)30-24-31-23(29-16-15-18-8-3-2-4-9-18)32-33(24)20-13-11-19(12-14-20)25(26,27)28/h2-14H,15-16H2,1H3,(H2,29,30,31,32,34). The third-order valence-electron chi connectivity index (χ3n) is 5.20. The Morgan fingerprint density at radius 2 is 1.62 bits per heavy atom. The smallest absolute Gasteiger partial charge is 0.353 e. The normalized spacial score (nSPS) is 11.3. The summed E-state index contributed by atoms with van der Waals surface area (Å²) in [4.78, 5) is 17.2. The Balaban J connectivity index is 1.59. The molecule has 0 spiro atoms. The van der Waals surface area contributed by atoms with Crippen LogP contribution in [0.5, 0.6) is 0 Å². The first-order valence-corrected chi connectivity index (χ1v) is 10.6. The number of halogens is 3. The van der Waals surface area contributed by atoms with Crippen LogP contribution in [0.1, 0.15) is 27.0 Å². The zero-order valence-corrected chi connectivity index (χ0v) is 18.3. The largest absolute Gasteiger partial charge is 0.416 e. The lowest BCUT2D eigenvalue weighted by atomic mass is 10.1. The molecule has 0 atom stereocenters. The predicted octanol–water partition coefficient (Wildman–Crippen LogP) is 5.50. The maximum Gasteiger partial charge on any atom is 0.416 e. The summed E-state index contributed by atoms with van der Waals surface area (Å²) < 4.78 is 40.2. The molecule has 0 radical (unpaired) electrons. The van der Waals surface area contributed by atoms with Gasteiger partial charge in [0.15, 0.2) is 0 Å². The molecule has 0 aliphatic carbocycles. The van der Waals surface area contributed by atoms with Crippen molar-refractivity contribution in [2.75, 3.05) is 17.2 Å². The van der Waals surface area contributed by atoms with Gasteiger partial charge in [-0.05, 0) is 54.8 Å². The number of anilines is 2. The maximum absolute atomic E-state index is 13.0. The number of nitrogens with one attached hydrogen (secondary N) is 2. The van der Waals surface area contributed by atoms with Gasteiger partial charge >= 0.3 is 6.18 Å². The van der Waals surface area contributed by atoms with Crippen LogP contribution in [-0.2, 0) is 12.6 Å². The lowest BCUT2D eigenvalue weighted by Gasteiger charge is -2.10. The molecule has 174 valence electrons. The second-order valence-electron chi connectivity index (χ2n) is 7.65. The van der Waals surface area contributed by atoms with Crippen LogP contribution >= 0.6 is 0 Å². The van der Waals surface area contributed by atoms with E-state index in [9.17, 15) is 18.0 Å². The molecule has 4 aromatic rings. The Labute approximate surface area is 194 Å². The molecule has 0 aliphatic rings. The van der Waals surface area contributed by atoms with Gasteiger partial charge in [0.25, 0.3) is 5.91 Å². The van der Waals surface area contributed by atoms with Crippen LogP contribution in [0.15, 0.2) is 78.9 Å². The van der Waals surface area contributed by atoms with Crippen molar-refractivity contribution in [1.82, 2.24) is 14.8 Å². The zero-order valence-electron chi connectivity index (χ0n) is 18.3. The maximum atomic E-state index is 13.0. The third kappa shape index (κ3) is 5.43. The quantitative estimate of drug-likeness (QED) is 0.378. The summed E-state index contributed by atoms with van der Waals surface area (Å²) in [6.45, 7) is 2.35. The minimum absolute atomic E-state index is 0.0928. The minimum atomic E-state index is -4.45. The van der Waals surface area contributed by atoms with Gasteiger partial charge < -0.3 is 5.32 Å². The molecular formula is C25H22F3N5O. The molecule has 4 rings (SSSR count). The first-order chi connectivity index (χ1) is 16.3. The predicted molar refractivity (Wildman–Crippen MR) is 124 cm³/mol. The first-order valence-electron chi connectivity index (χ1n) is 10.6. The topological polar surface area (TPSA) is 71.8 Å². The molecule has 0 saturated heterocycles. The summed E-state index contributed by atoms with van der Waals surface area (Å²) in [6.07, 6.45) is -3.73. The van der Waals surface area contributed by atoms with Crippen LogP contribution < -0.4 is 10.6 Å². The highest BCUT2D eigenvalue weighted by molar-refractivity contribution is 6.04. The number of benzene rings is 3. The van der Waals surface area contributed by atoms with Gasteiger partial charge in [0.2, 0.25) is 11.9 Å². The van der Waals surface area contributed by atoms with Crippen molar-refractivity contribution >= 4 is 17.8 Å². The van der Waals surface area contributed by atoms with E-state index in [1.54, 1.807) is 12.1 Å². The van der Waals surface area contributed by atoms with E-state index in [1.807, 2.05) is 49.4 Å². The molecular weight excluding hydrogens is 443 g/mol. The van der Waals surface area contributed by atoms with Crippen LogP contribution in [0.2, 0.25) is 0 Å². The Kier molecular flexibility index (Phi) is 6.62. The molecule has 0 saturated carbocycles. The highest BCUT2D eigenvalue weighted by atomic mass is 19.4. The van der Waals surface area contributed by atoms with Crippen LogP contribution in [0.25, 0.3) is 5.69 Å². The molecule has 0 unspecified atom stereocenters. The molecule has 1 amide bonds. The minimum Gasteiger partial charge on any atom is -0.353 e. The molecule has 3 aromatic carbocycles. The summed E-state index contributed by atoms with van der Waals surface area (Å²) in [5.41, 5.74) is 1.93. The lowest BCUT2D eigenvalue weighted by molar-refractivity contribution is -0.137. The highest BCUT2D eigenvalue weighted by Gasteiger charge is 2.30. The van der Waals surface area contributed by atoms with E-state index in [0.29, 0.717) is 17.8 Å². The van der Waals surface area contributed by atoms with Gasteiger partial charge in [0.05, 0.1) is 11.3 Å². The van der Waals surface area contributed by atoms with Gasteiger partial charge in [-0.1, -0.05) is 48.5 Å². The van der Waals surface area contributed by atoms with E-state index in [2.05, 4.69) is 20.7 Å². The van der Waals surface area contributed by atoms with Crippen molar-refractivity contribution in [3.05, 3.63) is 101 Å². The Morgan fingerprint density at radius 3 is 2.29 bits per heavy atom. The summed E-state index contributed by atoms with van der Waals surface area (Å²) in [5, 5.41) is 10.2. The van der Waals surface area contributed by atoms with Gasteiger partial charge in [-0.25, -0.2) is 0 Å². The Morgan fingerprint density at radius 1 is 0.941 bits per heavy atom. The van der Waals surface area contributed by atoms with Gasteiger partial charge in [-0.3, -0.25) is 10.1 Å². The SMILES string of the molecule is Cc1ccccc1C(=O)Nc1nc(NCCc2ccccc2)nn1-c1ccc(C(F)(F)F)cc1. The number of nitrogens with zero attached hydrogens (tertiary/aromatic N) is 3. The highest BCUT2D eigenvalue weighted by Crippen LogP contribution is 2.30. The van der Waals surface area contributed by atoms with Crippen LogP contribution in [0.3, 0.4) is 0 Å². The van der Waals surface area contributed by atoms with Crippen molar-refractivity contribution in [3.63, 3.8) is 0 Å². The van der Waals surface area contributed by atoms with Gasteiger partial charge in [-0.2, -0.15) is 22.8 Å². The van der Waals surface area contributed by atoms with E-state index in [4.69, 9.17) is 0 Å². The zero-order chi connectivity index (χ0) is 24.1. The third-order valence-corrected chi connectivity index (χ3v) is 5.20. The van der Waals surface area contributed by atoms with Gasteiger partial charge in [0.1, 0.15) is 0 Å². The monoisotopic (exact) mass is 465 g/mol. The van der Waals surface area contributed by atoms with Crippen molar-refractivity contribution in [2.24, 2.45) is 0 Å².